The zero-order chi connectivity index (χ0) is 16.5. The Morgan fingerprint density at radius 1 is 0.864 bits per heavy atom. The first kappa shape index (κ1) is 18.6. The van der Waals surface area contributed by atoms with Crippen LogP contribution in [0.15, 0.2) is 53.0 Å². The Morgan fingerprint density at radius 2 is 1.32 bits per heavy atom. The van der Waals surface area contributed by atoms with Crippen molar-refractivity contribution in [1.82, 2.24) is 0 Å². The number of hydrogen-bond acceptors (Lipinski definition) is 4. The van der Waals surface area contributed by atoms with Gasteiger partial charge in [-0.05, 0) is 62.8 Å². The lowest BCUT2D eigenvalue weighted by atomic mass is 10.3. The van der Waals surface area contributed by atoms with Crippen molar-refractivity contribution in [3.05, 3.63) is 56.6 Å². The van der Waals surface area contributed by atoms with Gasteiger partial charge >= 0.3 is 11.9 Å². The van der Waals surface area contributed by atoms with Crippen LogP contribution in [0.3, 0.4) is 0 Å². The second-order valence-corrected chi connectivity index (χ2v) is 6.06. The number of carbonyl (C=O) groups excluding carboxylic acids is 2. The fourth-order valence-corrected chi connectivity index (χ4v) is 2.23. The summed E-state index contributed by atoms with van der Waals surface area (Å²) in [4.78, 5) is 21.1. The molecule has 2 aromatic rings. The first-order valence-electron chi connectivity index (χ1n) is 6.26. The summed E-state index contributed by atoms with van der Waals surface area (Å²) in [5.41, 5.74) is 0. The standard InChI is InChI=1S/C8H7BrO2.C8H7IO2/c2*1-6(10)11-8-5-3-2-4-7(8)9/h2*2-5H,1H3. The van der Waals surface area contributed by atoms with Crippen LogP contribution in [0.5, 0.6) is 11.5 Å². The van der Waals surface area contributed by atoms with Crippen LogP contribution < -0.4 is 9.47 Å². The number of esters is 2. The van der Waals surface area contributed by atoms with E-state index in [1.54, 1.807) is 12.1 Å². The molecule has 0 N–H and O–H groups in total. The molecule has 0 bridgehead atoms. The number of para-hydroxylation sites is 2. The third-order valence-corrected chi connectivity index (χ3v) is 3.73. The number of ether oxygens (including phenoxy) is 2. The molecule has 0 fully saturated rings. The molecule has 0 aromatic heterocycles. The van der Waals surface area contributed by atoms with Crippen molar-refractivity contribution in [3.63, 3.8) is 0 Å². The molecule has 0 amide bonds. The zero-order valence-corrected chi connectivity index (χ0v) is 15.8. The highest BCUT2D eigenvalue weighted by Gasteiger charge is 2.01. The van der Waals surface area contributed by atoms with E-state index in [9.17, 15) is 9.59 Å². The van der Waals surface area contributed by atoms with E-state index in [0.717, 1.165) is 8.04 Å². The van der Waals surface area contributed by atoms with E-state index < -0.39 is 0 Å². The summed E-state index contributed by atoms with van der Waals surface area (Å²) in [6.07, 6.45) is 0. The third kappa shape index (κ3) is 7.04. The molecule has 22 heavy (non-hydrogen) atoms. The molecule has 116 valence electrons. The van der Waals surface area contributed by atoms with Crippen molar-refractivity contribution < 1.29 is 19.1 Å². The molecule has 0 atom stereocenters. The largest absolute Gasteiger partial charge is 0.426 e. The van der Waals surface area contributed by atoms with E-state index in [4.69, 9.17) is 9.47 Å². The first-order valence-corrected chi connectivity index (χ1v) is 8.13. The van der Waals surface area contributed by atoms with Gasteiger partial charge in [-0.3, -0.25) is 9.59 Å². The number of benzene rings is 2. The molecular formula is C16H14BrIO4. The monoisotopic (exact) mass is 476 g/mol. The molecule has 2 aromatic carbocycles. The highest BCUT2D eigenvalue weighted by atomic mass is 127. The molecule has 6 heteroatoms. The van der Waals surface area contributed by atoms with Crippen molar-refractivity contribution in [1.29, 1.82) is 0 Å². The van der Waals surface area contributed by atoms with Gasteiger partial charge in [0.05, 0.1) is 8.04 Å². The second-order valence-electron chi connectivity index (χ2n) is 4.05. The van der Waals surface area contributed by atoms with Crippen LogP contribution in [0, 0.1) is 3.57 Å². The highest BCUT2D eigenvalue weighted by Crippen LogP contribution is 2.23. The van der Waals surface area contributed by atoms with Crippen molar-refractivity contribution in [2.24, 2.45) is 0 Å². The molecule has 0 aliphatic carbocycles. The predicted octanol–water partition coefficient (Wildman–Crippen LogP) is 4.59. The van der Waals surface area contributed by atoms with Crippen LogP contribution in [0.4, 0.5) is 0 Å². The van der Waals surface area contributed by atoms with Crippen molar-refractivity contribution in [2.75, 3.05) is 0 Å². The smallest absolute Gasteiger partial charge is 0.308 e. The fourth-order valence-electron chi connectivity index (χ4n) is 1.36. The molecule has 0 unspecified atom stereocenters. The third-order valence-electron chi connectivity index (χ3n) is 2.18. The fraction of sp³-hybridized carbons (Fsp3) is 0.125. The van der Waals surface area contributed by atoms with Crippen LogP contribution in [-0.4, -0.2) is 11.9 Å². The topological polar surface area (TPSA) is 52.6 Å². The number of carbonyl (C=O) groups is 2. The molecule has 0 heterocycles. The molecule has 0 spiro atoms. The lowest BCUT2D eigenvalue weighted by Gasteiger charge is -2.01. The Hall–Kier alpha value is -1.41. The summed E-state index contributed by atoms with van der Waals surface area (Å²) in [5.74, 6) is 0.589. The molecule has 4 nitrogen and oxygen atoms in total. The zero-order valence-electron chi connectivity index (χ0n) is 12.0. The Bertz CT molecular complexity index is 601. The van der Waals surface area contributed by atoms with Crippen LogP contribution in [0.2, 0.25) is 0 Å². The number of hydrogen-bond donors (Lipinski definition) is 0. The van der Waals surface area contributed by atoms with Gasteiger partial charge in [0, 0.05) is 13.8 Å². The molecule has 0 aliphatic heterocycles. The Morgan fingerprint density at radius 3 is 1.82 bits per heavy atom. The van der Waals surface area contributed by atoms with Gasteiger partial charge in [0.15, 0.2) is 0 Å². The highest BCUT2D eigenvalue weighted by molar-refractivity contribution is 14.1. The van der Waals surface area contributed by atoms with E-state index in [1.807, 2.05) is 36.4 Å². The molecule has 0 saturated heterocycles. The van der Waals surface area contributed by atoms with Gasteiger partial charge in [0.1, 0.15) is 11.5 Å². The van der Waals surface area contributed by atoms with Gasteiger partial charge < -0.3 is 9.47 Å². The molecule has 2 rings (SSSR count). The maximum absolute atomic E-state index is 10.5. The van der Waals surface area contributed by atoms with E-state index in [0.29, 0.717) is 11.5 Å². The summed E-state index contributed by atoms with van der Waals surface area (Å²) in [6.45, 7) is 2.77. The van der Waals surface area contributed by atoms with Crippen molar-refractivity contribution in [2.45, 2.75) is 13.8 Å². The molecule has 0 saturated carbocycles. The average Bonchev–Trinajstić information content (AvgIpc) is 2.44. The van der Waals surface area contributed by atoms with Crippen molar-refractivity contribution in [3.8, 4) is 11.5 Å². The van der Waals surface area contributed by atoms with Gasteiger partial charge in [-0.25, -0.2) is 0 Å². The normalized spacial score (nSPS) is 9.27. The Labute approximate surface area is 151 Å². The van der Waals surface area contributed by atoms with Crippen LogP contribution in [0.1, 0.15) is 13.8 Å². The minimum Gasteiger partial charge on any atom is -0.426 e. The van der Waals surface area contributed by atoms with E-state index in [1.165, 1.54) is 13.8 Å². The van der Waals surface area contributed by atoms with Crippen LogP contribution in [-0.2, 0) is 9.59 Å². The minimum atomic E-state index is -0.308. The van der Waals surface area contributed by atoms with Gasteiger partial charge in [0.2, 0.25) is 0 Å². The Kier molecular flexibility index (Phi) is 8.11. The first-order chi connectivity index (χ1) is 10.4. The summed E-state index contributed by atoms with van der Waals surface area (Å²) in [5, 5.41) is 0. The average molecular weight is 477 g/mol. The van der Waals surface area contributed by atoms with E-state index in [2.05, 4.69) is 38.5 Å². The van der Waals surface area contributed by atoms with Gasteiger partial charge in [-0.2, -0.15) is 0 Å². The maximum atomic E-state index is 10.5. The van der Waals surface area contributed by atoms with E-state index in [-0.39, 0.29) is 11.9 Å². The lowest BCUT2D eigenvalue weighted by molar-refractivity contribution is -0.132. The maximum Gasteiger partial charge on any atom is 0.308 e. The van der Waals surface area contributed by atoms with Crippen LogP contribution >= 0.6 is 38.5 Å². The summed E-state index contributed by atoms with van der Waals surface area (Å²) < 4.78 is 11.5. The lowest BCUT2D eigenvalue weighted by Crippen LogP contribution is -2.02. The number of halogens is 2. The second kappa shape index (κ2) is 9.58. The minimum absolute atomic E-state index is 0.283. The molecular weight excluding hydrogens is 463 g/mol. The van der Waals surface area contributed by atoms with Crippen molar-refractivity contribution >= 4 is 50.5 Å². The van der Waals surface area contributed by atoms with Gasteiger partial charge in [0.25, 0.3) is 0 Å². The Balaban J connectivity index is 0.000000220. The predicted molar refractivity (Wildman–Crippen MR) is 95.9 cm³/mol. The SMILES string of the molecule is CC(=O)Oc1ccccc1Br.CC(=O)Oc1ccccc1I. The quantitative estimate of drug-likeness (QED) is 0.361. The summed E-state index contributed by atoms with van der Waals surface area (Å²) in [7, 11) is 0. The molecule has 0 aliphatic rings. The number of rotatable bonds is 2. The van der Waals surface area contributed by atoms with Gasteiger partial charge in [-0.15, -0.1) is 0 Å². The van der Waals surface area contributed by atoms with Crippen LogP contribution in [0.25, 0.3) is 0 Å². The van der Waals surface area contributed by atoms with E-state index >= 15 is 0 Å². The summed E-state index contributed by atoms with van der Waals surface area (Å²) >= 11 is 5.36. The molecule has 0 radical (unpaired) electrons. The van der Waals surface area contributed by atoms with Gasteiger partial charge in [-0.1, -0.05) is 24.3 Å². The summed E-state index contributed by atoms with van der Waals surface area (Å²) in [6, 6.07) is 14.6.